The second-order valence-corrected chi connectivity index (χ2v) is 5.00. The van der Waals surface area contributed by atoms with Gasteiger partial charge in [0, 0.05) is 13.1 Å². The third-order valence-electron chi connectivity index (χ3n) is 3.29. The molecule has 3 aromatic rings. The van der Waals surface area contributed by atoms with Crippen molar-refractivity contribution in [2.45, 2.75) is 13.1 Å². The van der Waals surface area contributed by atoms with Crippen molar-refractivity contribution in [3.8, 4) is 0 Å². The van der Waals surface area contributed by atoms with Crippen LogP contribution in [0, 0.1) is 5.82 Å². The predicted octanol–water partition coefficient (Wildman–Crippen LogP) is 2.54. The van der Waals surface area contributed by atoms with Crippen molar-refractivity contribution in [2.24, 2.45) is 0 Å². The van der Waals surface area contributed by atoms with Crippen LogP contribution in [0.1, 0.15) is 5.56 Å². The maximum absolute atomic E-state index is 12.8. The van der Waals surface area contributed by atoms with Crippen molar-refractivity contribution in [2.75, 3.05) is 17.2 Å². The molecule has 0 radical (unpaired) electrons. The van der Waals surface area contributed by atoms with E-state index < -0.39 is 0 Å². The molecule has 0 unspecified atom stereocenters. The van der Waals surface area contributed by atoms with Crippen LogP contribution in [0.5, 0.6) is 0 Å². The summed E-state index contributed by atoms with van der Waals surface area (Å²) in [7, 11) is 0. The zero-order valence-electron chi connectivity index (χ0n) is 12.5. The van der Waals surface area contributed by atoms with Gasteiger partial charge in [-0.3, -0.25) is 4.68 Å². The van der Waals surface area contributed by atoms with Gasteiger partial charge in [0.15, 0.2) is 0 Å². The van der Waals surface area contributed by atoms with Crippen molar-refractivity contribution >= 4 is 11.5 Å². The highest BCUT2D eigenvalue weighted by atomic mass is 19.1. The van der Waals surface area contributed by atoms with Gasteiger partial charge >= 0.3 is 0 Å². The second kappa shape index (κ2) is 7.35. The number of hydrogen-bond donors (Lipinski definition) is 2. The number of rotatable bonds is 7. The van der Waals surface area contributed by atoms with E-state index in [0.29, 0.717) is 6.54 Å². The fourth-order valence-electron chi connectivity index (χ4n) is 2.06. The molecule has 3 rings (SSSR count). The highest BCUT2D eigenvalue weighted by Gasteiger charge is 1.98. The third-order valence-corrected chi connectivity index (χ3v) is 3.29. The lowest BCUT2D eigenvalue weighted by Gasteiger charge is -2.08. The van der Waals surface area contributed by atoms with Gasteiger partial charge in [-0.15, -0.1) is 0 Å². The average molecular weight is 312 g/mol. The summed E-state index contributed by atoms with van der Waals surface area (Å²) in [5.41, 5.74) is 1.95. The van der Waals surface area contributed by atoms with Crippen molar-refractivity contribution in [3.63, 3.8) is 0 Å². The molecule has 1 aromatic carbocycles. The Balaban J connectivity index is 1.45. The number of pyridine rings is 1. The molecule has 0 bridgehead atoms. The van der Waals surface area contributed by atoms with Crippen LogP contribution in [0.15, 0.2) is 55.2 Å². The van der Waals surface area contributed by atoms with E-state index in [9.17, 15) is 4.39 Å². The highest BCUT2D eigenvalue weighted by Crippen LogP contribution is 2.11. The Labute approximate surface area is 133 Å². The minimum Gasteiger partial charge on any atom is -0.382 e. The molecule has 0 spiro atoms. The largest absolute Gasteiger partial charge is 0.382 e. The maximum Gasteiger partial charge on any atom is 0.137 e. The van der Waals surface area contributed by atoms with Gasteiger partial charge in [0.2, 0.25) is 0 Å². The Morgan fingerprint density at radius 1 is 1.04 bits per heavy atom. The van der Waals surface area contributed by atoms with E-state index in [1.54, 1.807) is 29.3 Å². The van der Waals surface area contributed by atoms with Crippen LogP contribution >= 0.6 is 0 Å². The molecule has 0 aliphatic rings. The Kier molecular flexibility index (Phi) is 4.78. The molecule has 2 heterocycles. The summed E-state index contributed by atoms with van der Waals surface area (Å²) in [4.78, 5) is 8.24. The predicted molar refractivity (Wildman–Crippen MR) is 86.5 cm³/mol. The van der Waals surface area contributed by atoms with Crippen molar-refractivity contribution < 1.29 is 4.39 Å². The van der Waals surface area contributed by atoms with E-state index >= 15 is 0 Å². The van der Waals surface area contributed by atoms with Crippen LogP contribution in [-0.2, 0) is 13.1 Å². The van der Waals surface area contributed by atoms with Gasteiger partial charge < -0.3 is 10.6 Å². The first kappa shape index (κ1) is 15.0. The summed E-state index contributed by atoms with van der Waals surface area (Å²) in [5.74, 6) is 0.546. The first-order valence-electron chi connectivity index (χ1n) is 7.30. The molecule has 0 aliphatic heterocycles. The Morgan fingerprint density at radius 3 is 2.61 bits per heavy atom. The zero-order valence-corrected chi connectivity index (χ0v) is 12.5. The zero-order chi connectivity index (χ0) is 15.9. The SMILES string of the molecule is Fc1ccc(CNc2ccc(NCCn3cncn3)cn2)cc1. The lowest BCUT2D eigenvalue weighted by atomic mass is 10.2. The fraction of sp³-hybridized carbons (Fsp3) is 0.188. The van der Waals surface area contributed by atoms with Crippen LogP contribution in [0.4, 0.5) is 15.9 Å². The van der Waals surface area contributed by atoms with Crippen molar-refractivity contribution in [3.05, 3.63) is 66.6 Å². The molecule has 118 valence electrons. The Hall–Kier alpha value is -2.96. The summed E-state index contributed by atoms with van der Waals surface area (Å²) in [6.07, 6.45) is 4.97. The molecule has 0 fully saturated rings. The maximum atomic E-state index is 12.8. The van der Waals surface area contributed by atoms with E-state index in [2.05, 4.69) is 25.7 Å². The molecular weight excluding hydrogens is 295 g/mol. The summed E-state index contributed by atoms with van der Waals surface area (Å²) in [6, 6.07) is 10.3. The standard InChI is InChI=1S/C16H17FN6/c17-14-3-1-13(2-4-14)9-20-16-6-5-15(10-21-16)19-7-8-23-12-18-11-22-23/h1-6,10-12,19H,7-9H2,(H,20,21). The molecule has 6 nitrogen and oxygen atoms in total. The topological polar surface area (TPSA) is 67.7 Å². The molecule has 0 saturated heterocycles. The van der Waals surface area contributed by atoms with Crippen LogP contribution in [-0.4, -0.2) is 26.3 Å². The smallest absolute Gasteiger partial charge is 0.137 e. The fourth-order valence-corrected chi connectivity index (χ4v) is 2.06. The van der Waals surface area contributed by atoms with Gasteiger partial charge in [0.25, 0.3) is 0 Å². The van der Waals surface area contributed by atoms with E-state index in [4.69, 9.17) is 0 Å². The number of halogens is 1. The first-order chi connectivity index (χ1) is 11.3. The molecule has 2 N–H and O–H groups in total. The Morgan fingerprint density at radius 2 is 1.91 bits per heavy atom. The van der Waals surface area contributed by atoms with Gasteiger partial charge in [0.05, 0.1) is 18.4 Å². The molecule has 0 amide bonds. The van der Waals surface area contributed by atoms with Crippen molar-refractivity contribution in [1.29, 1.82) is 0 Å². The van der Waals surface area contributed by atoms with Crippen LogP contribution in [0.2, 0.25) is 0 Å². The summed E-state index contributed by atoms with van der Waals surface area (Å²) in [5, 5.41) is 10.5. The minimum absolute atomic E-state index is 0.229. The molecular formula is C16H17FN6. The quantitative estimate of drug-likeness (QED) is 0.702. The number of nitrogens with one attached hydrogen (secondary N) is 2. The monoisotopic (exact) mass is 312 g/mol. The molecule has 0 atom stereocenters. The molecule has 2 aromatic heterocycles. The van der Waals surface area contributed by atoms with E-state index in [1.165, 1.54) is 18.5 Å². The van der Waals surface area contributed by atoms with E-state index in [0.717, 1.165) is 30.2 Å². The summed E-state index contributed by atoms with van der Waals surface area (Å²) in [6.45, 7) is 2.09. The number of hydrogen-bond acceptors (Lipinski definition) is 5. The first-order valence-corrected chi connectivity index (χ1v) is 7.30. The number of benzene rings is 1. The van der Waals surface area contributed by atoms with Crippen LogP contribution in [0.3, 0.4) is 0 Å². The van der Waals surface area contributed by atoms with E-state index in [1.807, 2.05) is 12.1 Å². The third kappa shape index (κ3) is 4.50. The lowest BCUT2D eigenvalue weighted by Crippen LogP contribution is -2.11. The lowest BCUT2D eigenvalue weighted by molar-refractivity contribution is 0.627. The van der Waals surface area contributed by atoms with E-state index in [-0.39, 0.29) is 5.82 Å². The molecule has 23 heavy (non-hydrogen) atoms. The average Bonchev–Trinajstić information content (AvgIpc) is 3.09. The van der Waals surface area contributed by atoms with Gasteiger partial charge in [-0.1, -0.05) is 12.1 Å². The highest BCUT2D eigenvalue weighted by molar-refractivity contribution is 5.47. The molecule has 0 aliphatic carbocycles. The summed E-state index contributed by atoms with van der Waals surface area (Å²) < 4.78 is 14.6. The van der Waals surface area contributed by atoms with Crippen LogP contribution < -0.4 is 10.6 Å². The summed E-state index contributed by atoms with van der Waals surface area (Å²) >= 11 is 0. The normalized spacial score (nSPS) is 10.5. The van der Waals surface area contributed by atoms with Gasteiger partial charge in [0.1, 0.15) is 24.3 Å². The number of anilines is 2. The van der Waals surface area contributed by atoms with Gasteiger partial charge in [-0.2, -0.15) is 5.10 Å². The van der Waals surface area contributed by atoms with Gasteiger partial charge in [-0.25, -0.2) is 14.4 Å². The second-order valence-electron chi connectivity index (χ2n) is 5.00. The minimum atomic E-state index is -0.229. The number of nitrogens with zero attached hydrogens (tertiary/aromatic N) is 4. The van der Waals surface area contributed by atoms with Gasteiger partial charge in [-0.05, 0) is 29.8 Å². The van der Waals surface area contributed by atoms with Crippen molar-refractivity contribution in [1.82, 2.24) is 19.7 Å². The van der Waals surface area contributed by atoms with Crippen LogP contribution in [0.25, 0.3) is 0 Å². The number of aromatic nitrogens is 4. The molecule has 7 heteroatoms. The Bertz CT molecular complexity index is 709. The molecule has 0 saturated carbocycles.